The van der Waals surface area contributed by atoms with Gasteiger partial charge in [0.05, 0.1) is 0 Å². The van der Waals surface area contributed by atoms with Crippen LogP contribution in [0.25, 0.3) is 0 Å². The van der Waals surface area contributed by atoms with Crippen LogP contribution < -0.4 is 0 Å². The molecule has 0 heterocycles. The SMILES string of the molecule is Oc1cccc(CC2CCC(Br)C2)c1. The van der Waals surface area contributed by atoms with Crippen LogP contribution in [0.4, 0.5) is 0 Å². The molecular formula is C12H15BrO. The Kier molecular flexibility index (Phi) is 3.12. The van der Waals surface area contributed by atoms with E-state index in [4.69, 9.17) is 0 Å². The highest BCUT2D eigenvalue weighted by Crippen LogP contribution is 2.33. The van der Waals surface area contributed by atoms with Gasteiger partial charge in [0.1, 0.15) is 5.75 Å². The maximum Gasteiger partial charge on any atom is 0.115 e. The fourth-order valence-electron chi connectivity index (χ4n) is 2.22. The first-order chi connectivity index (χ1) is 6.74. The largest absolute Gasteiger partial charge is 0.508 e. The molecule has 1 saturated carbocycles. The Hall–Kier alpha value is -0.500. The molecule has 1 nitrogen and oxygen atoms in total. The lowest BCUT2D eigenvalue weighted by Crippen LogP contribution is -1.99. The van der Waals surface area contributed by atoms with Gasteiger partial charge in [-0.2, -0.15) is 0 Å². The topological polar surface area (TPSA) is 20.2 Å². The van der Waals surface area contributed by atoms with Crippen molar-refractivity contribution in [2.75, 3.05) is 0 Å². The summed E-state index contributed by atoms with van der Waals surface area (Å²) in [6.45, 7) is 0. The van der Waals surface area contributed by atoms with E-state index >= 15 is 0 Å². The number of rotatable bonds is 2. The van der Waals surface area contributed by atoms with Crippen molar-refractivity contribution in [3.8, 4) is 5.75 Å². The van der Waals surface area contributed by atoms with Crippen molar-refractivity contribution in [2.45, 2.75) is 30.5 Å². The van der Waals surface area contributed by atoms with Crippen molar-refractivity contribution in [1.29, 1.82) is 0 Å². The second-order valence-electron chi connectivity index (χ2n) is 4.15. The number of hydrogen-bond acceptors (Lipinski definition) is 1. The van der Waals surface area contributed by atoms with E-state index in [0.717, 1.165) is 12.3 Å². The van der Waals surface area contributed by atoms with E-state index in [9.17, 15) is 5.11 Å². The van der Waals surface area contributed by atoms with E-state index in [1.54, 1.807) is 6.07 Å². The normalized spacial score (nSPS) is 26.6. The van der Waals surface area contributed by atoms with Crippen LogP contribution in [-0.4, -0.2) is 9.93 Å². The van der Waals surface area contributed by atoms with E-state index in [2.05, 4.69) is 22.0 Å². The van der Waals surface area contributed by atoms with Crippen LogP contribution in [0.5, 0.6) is 5.75 Å². The highest BCUT2D eigenvalue weighted by Gasteiger charge is 2.22. The van der Waals surface area contributed by atoms with Gasteiger partial charge < -0.3 is 5.11 Å². The molecule has 14 heavy (non-hydrogen) atoms. The van der Waals surface area contributed by atoms with Gasteiger partial charge in [0.15, 0.2) is 0 Å². The van der Waals surface area contributed by atoms with Crippen LogP contribution in [0.15, 0.2) is 24.3 Å². The predicted octanol–water partition coefficient (Wildman–Crippen LogP) is 3.50. The highest BCUT2D eigenvalue weighted by molar-refractivity contribution is 9.09. The molecule has 0 radical (unpaired) electrons. The first kappa shape index (κ1) is 10.0. The molecule has 2 unspecified atom stereocenters. The molecular weight excluding hydrogens is 240 g/mol. The first-order valence-corrected chi connectivity index (χ1v) is 6.07. The molecule has 2 heteroatoms. The van der Waals surface area contributed by atoms with Crippen molar-refractivity contribution in [3.63, 3.8) is 0 Å². The van der Waals surface area contributed by atoms with Gasteiger partial charge in [-0.05, 0) is 49.3 Å². The van der Waals surface area contributed by atoms with Crippen LogP contribution in [0.3, 0.4) is 0 Å². The molecule has 0 saturated heterocycles. The lowest BCUT2D eigenvalue weighted by atomic mass is 9.98. The molecule has 2 rings (SSSR count). The number of halogens is 1. The van der Waals surface area contributed by atoms with Crippen LogP contribution >= 0.6 is 15.9 Å². The molecule has 0 bridgehead atoms. The summed E-state index contributed by atoms with van der Waals surface area (Å²) in [5.41, 5.74) is 1.26. The maximum atomic E-state index is 9.33. The summed E-state index contributed by atoms with van der Waals surface area (Å²) >= 11 is 3.66. The van der Waals surface area contributed by atoms with Gasteiger partial charge in [0.2, 0.25) is 0 Å². The van der Waals surface area contributed by atoms with Crippen LogP contribution in [0, 0.1) is 5.92 Å². The summed E-state index contributed by atoms with van der Waals surface area (Å²) in [7, 11) is 0. The second kappa shape index (κ2) is 4.35. The van der Waals surface area contributed by atoms with Gasteiger partial charge in [0.25, 0.3) is 0 Å². The molecule has 1 fully saturated rings. The molecule has 0 aromatic heterocycles. The third-order valence-electron chi connectivity index (χ3n) is 2.91. The van der Waals surface area contributed by atoms with E-state index < -0.39 is 0 Å². The van der Waals surface area contributed by atoms with Crippen molar-refractivity contribution >= 4 is 15.9 Å². The molecule has 1 aliphatic carbocycles. The van der Waals surface area contributed by atoms with Crippen molar-refractivity contribution in [1.82, 2.24) is 0 Å². The standard InChI is InChI=1S/C12H15BrO/c13-11-5-4-10(7-11)6-9-2-1-3-12(14)8-9/h1-3,8,10-11,14H,4-7H2. The molecule has 1 aromatic rings. The zero-order valence-corrected chi connectivity index (χ0v) is 9.70. The fourth-order valence-corrected chi connectivity index (χ4v) is 3.01. The summed E-state index contributed by atoms with van der Waals surface area (Å²) < 4.78 is 0. The molecule has 2 atom stereocenters. The lowest BCUT2D eigenvalue weighted by Gasteiger charge is -2.09. The van der Waals surface area contributed by atoms with Gasteiger partial charge in [-0.15, -0.1) is 0 Å². The summed E-state index contributed by atoms with van der Waals surface area (Å²) in [6.07, 6.45) is 4.99. The van der Waals surface area contributed by atoms with E-state index in [1.807, 2.05) is 12.1 Å². The molecule has 1 aromatic carbocycles. The average Bonchev–Trinajstić information content (AvgIpc) is 2.51. The number of phenols is 1. The van der Waals surface area contributed by atoms with Crippen LogP contribution in [0.2, 0.25) is 0 Å². The van der Waals surface area contributed by atoms with E-state index in [1.165, 1.54) is 24.8 Å². The number of benzene rings is 1. The second-order valence-corrected chi connectivity index (χ2v) is 5.45. The highest BCUT2D eigenvalue weighted by atomic mass is 79.9. The van der Waals surface area contributed by atoms with E-state index in [0.29, 0.717) is 10.6 Å². The summed E-state index contributed by atoms with van der Waals surface area (Å²) in [6, 6.07) is 7.62. The Bertz CT molecular complexity index is 311. The molecule has 1 N–H and O–H groups in total. The van der Waals surface area contributed by atoms with Gasteiger partial charge >= 0.3 is 0 Å². The smallest absolute Gasteiger partial charge is 0.115 e. The molecule has 0 spiro atoms. The summed E-state index contributed by atoms with van der Waals surface area (Å²) in [5, 5.41) is 9.33. The molecule has 0 amide bonds. The number of phenolic OH excluding ortho intramolecular Hbond substituents is 1. The lowest BCUT2D eigenvalue weighted by molar-refractivity contribution is 0.472. The molecule has 0 aliphatic heterocycles. The van der Waals surface area contributed by atoms with Crippen LogP contribution in [0.1, 0.15) is 24.8 Å². The van der Waals surface area contributed by atoms with Crippen molar-refractivity contribution < 1.29 is 5.11 Å². The zero-order valence-electron chi connectivity index (χ0n) is 8.12. The minimum absolute atomic E-state index is 0.385. The quantitative estimate of drug-likeness (QED) is 0.802. The Labute approximate surface area is 93.3 Å². The number of hydrogen-bond donors (Lipinski definition) is 1. The third kappa shape index (κ3) is 2.50. The first-order valence-electron chi connectivity index (χ1n) is 5.16. The molecule has 76 valence electrons. The predicted molar refractivity (Wildman–Crippen MR) is 61.9 cm³/mol. The van der Waals surface area contributed by atoms with Gasteiger partial charge in [-0.1, -0.05) is 28.1 Å². The monoisotopic (exact) mass is 254 g/mol. The number of alkyl halides is 1. The maximum absolute atomic E-state index is 9.33. The number of aromatic hydroxyl groups is 1. The van der Waals surface area contributed by atoms with Crippen molar-refractivity contribution in [2.24, 2.45) is 5.92 Å². The Morgan fingerprint density at radius 1 is 1.36 bits per heavy atom. The Balaban J connectivity index is 1.97. The average molecular weight is 255 g/mol. The summed E-state index contributed by atoms with van der Waals surface area (Å²) in [4.78, 5) is 0.713. The zero-order chi connectivity index (χ0) is 9.97. The third-order valence-corrected chi connectivity index (χ3v) is 3.74. The van der Waals surface area contributed by atoms with Gasteiger partial charge in [-0.3, -0.25) is 0 Å². The Morgan fingerprint density at radius 2 is 2.21 bits per heavy atom. The van der Waals surface area contributed by atoms with Crippen LogP contribution in [-0.2, 0) is 6.42 Å². The van der Waals surface area contributed by atoms with Gasteiger partial charge in [0, 0.05) is 4.83 Å². The minimum atomic E-state index is 0.385. The summed E-state index contributed by atoms with van der Waals surface area (Å²) in [5.74, 6) is 1.18. The Morgan fingerprint density at radius 3 is 2.86 bits per heavy atom. The fraction of sp³-hybridized carbons (Fsp3) is 0.500. The van der Waals surface area contributed by atoms with Crippen molar-refractivity contribution in [3.05, 3.63) is 29.8 Å². The van der Waals surface area contributed by atoms with E-state index in [-0.39, 0.29) is 0 Å². The van der Waals surface area contributed by atoms with Gasteiger partial charge in [-0.25, -0.2) is 0 Å². The minimum Gasteiger partial charge on any atom is -0.508 e. The molecule has 1 aliphatic rings.